The normalized spacial score (nSPS) is 14.8. The maximum Gasteiger partial charge on any atom is 0.305 e. The molecular formula is C17H21NO3. The third-order valence-corrected chi connectivity index (χ3v) is 3.69. The number of carbonyl (C=O) groups is 2. The lowest BCUT2D eigenvalue weighted by molar-refractivity contribution is -0.140. The van der Waals surface area contributed by atoms with Gasteiger partial charge in [0.1, 0.15) is 0 Å². The fourth-order valence-corrected chi connectivity index (χ4v) is 2.46. The Balaban J connectivity index is 1.86. The van der Waals surface area contributed by atoms with Gasteiger partial charge >= 0.3 is 5.97 Å². The first kappa shape index (κ1) is 15.3. The van der Waals surface area contributed by atoms with Gasteiger partial charge in [0.15, 0.2) is 0 Å². The van der Waals surface area contributed by atoms with Crippen molar-refractivity contribution in [1.29, 1.82) is 0 Å². The van der Waals surface area contributed by atoms with Crippen LogP contribution in [0.3, 0.4) is 0 Å². The number of hydrogen-bond donors (Lipinski definition) is 0. The molecule has 1 aromatic rings. The van der Waals surface area contributed by atoms with Crippen molar-refractivity contribution in [3.05, 3.63) is 47.5 Å². The Morgan fingerprint density at radius 3 is 2.71 bits per heavy atom. The zero-order chi connectivity index (χ0) is 15.1. The molecule has 0 atom stereocenters. The lowest BCUT2D eigenvalue weighted by atomic mass is 10.0. The molecule has 0 unspecified atom stereocenters. The summed E-state index contributed by atoms with van der Waals surface area (Å²) in [6.45, 7) is 1.48. The van der Waals surface area contributed by atoms with E-state index in [4.69, 9.17) is 0 Å². The van der Waals surface area contributed by atoms with Gasteiger partial charge in [0, 0.05) is 25.1 Å². The topological polar surface area (TPSA) is 46.6 Å². The quantitative estimate of drug-likeness (QED) is 0.754. The summed E-state index contributed by atoms with van der Waals surface area (Å²) in [6, 6.07) is 10.2. The number of ether oxygens (including phenoxy) is 1. The first-order chi connectivity index (χ1) is 10.2. The van der Waals surface area contributed by atoms with Gasteiger partial charge < -0.3 is 9.64 Å². The number of benzene rings is 1. The summed E-state index contributed by atoms with van der Waals surface area (Å²) in [6.07, 6.45) is 4.39. The van der Waals surface area contributed by atoms with Crippen molar-refractivity contribution >= 4 is 11.9 Å². The molecule has 0 saturated heterocycles. The molecule has 1 heterocycles. The molecule has 1 aromatic carbocycles. The van der Waals surface area contributed by atoms with E-state index < -0.39 is 0 Å². The van der Waals surface area contributed by atoms with E-state index in [1.165, 1.54) is 12.7 Å². The molecule has 4 nitrogen and oxygen atoms in total. The van der Waals surface area contributed by atoms with Crippen LogP contribution in [0.25, 0.3) is 0 Å². The minimum absolute atomic E-state index is 0.0566. The minimum Gasteiger partial charge on any atom is -0.469 e. The fourth-order valence-electron chi connectivity index (χ4n) is 2.46. The van der Waals surface area contributed by atoms with Gasteiger partial charge in [-0.3, -0.25) is 9.59 Å². The number of amides is 1. The summed E-state index contributed by atoms with van der Waals surface area (Å²) < 4.78 is 4.62. The van der Waals surface area contributed by atoms with Crippen LogP contribution in [0.4, 0.5) is 0 Å². The second-order valence-electron chi connectivity index (χ2n) is 5.12. The molecule has 0 radical (unpaired) electrons. The van der Waals surface area contributed by atoms with Crippen LogP contribution >= 0.6 is 0 Å². The summed E-state index contributed by atoms with van der Waals surface area (Å²) >= 11 is 0. The lowest BCUT2D eigenvalue weighted by Gasteiger charge is -2.27. The van der Waals surface area contributed by atoms with Crippen LogP contribution in [-0.2, 0) is 20.7 Å². The van der Waals surface area contributed by atoms with Gasteiger partial charge in [0.25, 0.3) is 0 Å². The van der Waals surface area contributed by atoms with Crippen LogP contribution in [0.2, 0.25) is 0 Å². The molecule has 0 aromatic heterocycles. The molecule has 0 N–H and O–H groups in total. The van der Waals surface area contributed by atoms with Crippen molar-refractivity contribution in [3.8, 4) is 0 Å². The Labute approximate surface area is 125 Å². The van der Waals surface area contributed by atoms with Gasteiger partial charge in [-0.15, -0.1) is 0 Å². The molecule has 0 saturated carbocycles. The zero-order valence-corrected chi connectivity index (χ0v) is 12.4. The first-order valence-electron chi connectivity index (χ1n) is 7.29. The van der Waals surface area contributed by atoms with E-state index >= 15 is 0 Å². The molecule has 2 rings (SSSR count). The van der Waals surface area contributed by atoms with E-state index in [0.29, 0.717) is 6.42 Å². The summed E-state index contributed by atoms with van der Waals surface area (Å²) in [5.74, 6) is -0.216. The van der Waals surface area contributed by atoms with Crippen molar-refractivity contribution in [2.75, 3.05) is 20.2 Å². The van der Waals surface area contributed by atoms with E-state index in [9.17, 15) is 9.59 Å². The average Bonchev–Trinajstić information content (AvgIpc) is 2.53. The highest BCUT2D eigenvalue weighted by Crippen LogP contribution is 2.17. The van der Waals surface area contributed by atoms with Gasteiger partial charge in [0.05, 0.1) is 7.11 Å². The van der Waals surface area contributed by atoms with Crippen LogP contribution in [-0.4, -0.2) is 37.0 Å². The molecule has 0 spiro atoms. The fraction of sp³-hybridized carbons (Fsp3) is 0.412. The maximum atomic E-state index is 12.4. The molecule has 21 heavy (non-hydrogen) atoms. The lowest BCUT2D eigenvalue weighted by Crippen LogP contribution is -2.37. The second-order valence-corrected chi connectivity index (χ2v) is 5.12. The highest BCUT2D eigenvalue weighted by molar-refractivity contribution is 5.94. The Hall–Kier alpha value is -2.10. The summed E-state index contributed by atoms with van der Waals surface area (Å²) in [5.41, 5.74) is 1.97. The number of rotatable bonds is 6. The average molecular weight is 287 g/mol. The highest BCUT2D eigenvalue weighted by Gasteiger charge is 2.21. The molecule has 112 valence electrons. The second kappa shape index (κ2) is 7.62. The molecule has 4 heteroatoms. The largest absolute Gasteiger partial charge is 0.469 e. The van der Waals surface area contributed by atoms with Crippen LogP contribution in [0.1, 0.15) is 24.8 Å². The molecule has 0 aliphatic carbocycles. The van der Waals surface area contributed by atoms with Crippen LogP contribution in [0, 0.1) is 0 Å². The summed E-state index contributed by atoms with van der Waals surface area (Å²) in [4.78, 5) is 25.4. The maximum absolute atomic E-state index is 12.4. The Morgan fingerprint density at radius 1 is 1.24 bits per heavy atom. The van der Waals surface area contributed by atoms with Crippen LogP contribution < -0.4 is 0 Å². The zero-order valence-electron chi connectivity index (χ0n) is 12.4. The first-order valence-corrected chi connectivity index (χ1v) is 7.29. The third kappa shape index (κ3) is 4.45. The van der Waals surface area contributed by atoms with Gasteiger partial charge in [-0.1, -0.05) is 36.4 Å². The van der Waals surface area contributed by atoms with E-state index in [1.54, 1.807) is 0 Å². The standard InChI is InChI=1S/C17H21NO3/c1-21-16(19)10-9-15-8-5-12-18(17(15)20)13-11-14-6-3-2-4-7-14/h2-4,6-8H,5,9-13H2,1H3. The van der Waals surface area contributed by atoms with E-state index in [0.717, 1.165) is 31.5 Å². The number of hydrogen-bond acceptors (Lipinski definition) is 3. The van der Waals surface area contributed by atoms with Crippen molar-refractivity contribution in [1.82, 2.24) is 4.90 Å². The SMILES string of the molecule is COC(=O)CCC1=CCCN(CCc2ccccc2)C1=O. The van der Waals surface area contributed by atoms with Crippen LogP contribution in [0.5, 0.6) is 0 Å². The number of esters is 1. The van der Waals surface area contributed by atoms with Crippen molar-refractivity contribution in [3.63, 3.8) is 0 Å². The monoisotopic (exact) mass is 287 g/mol. The number of methoxy groups -OCH3 is 1. The Kier molecular flexibility index (Phi) is 5.55. The van der Waals surface area contributed by atoms with Crippen molar-refractivity contribution in [2.45, 2.75) is 25.7 Å². The Bertz CT molecular complexity index is 522. The predicted octanol–water partition coefficient (Wildman–Crippen LogP) is 2.34. The molecular weight excluding hydrogens is 266 g/mol. The van der Waals surface area contributed by atoms with E-state index in [1.807, 2.05) is 29.2 Å². The number of nitrogens with zero attached hydrogens (tertiary/aromatic N) is 1. The van der Waals surface area contributed by atoms with E-state index in [2.05, 4.69) is 16.9 Å². The molecule has 1 amide bonds. The van der Waals surface area contributed by atoms with E-state index in [-0.39, 0.29) is 18.3 Å². The highest BCUT2D eigenvalue weighted by atomic mass is 16.5. The minimum atomic E-state index is -0.273. The third-order valence-electron chi connectivity index (χ3n) is 3.69. The van der Waals surface area contributed by atoms with Gasteiger partial charge in [0.2, 0.25) is 5.91 Å². The summed E-state index contributed by atoms with van der Waals surface area (Å²) in [5, 5.41) is 0. The predicted molar refractivity (Wildman–Crippen MR) is 80.7 cm³/mol. The van der Waals surface area contributed by atoms with Crippen LogP contribution in [0.15, 0.2) is 42.0 Å². The number of carbonyl (C=O) groups excluding carboxylic acids is 2. The van der Waals surface area contributed by atoms with Crippen molar-refractivity contribution in [2.24, 2.45) is 0 Å². The van der Waals surface area contributed by atoms with Gasteiger partial charge in [-0.25, -0.2) is 0 Å². The molecule has 1 aliphatic rings. The smallest absolute Gasteiger partial charge is 0.305 e. The Morgan fingerprint density at radius 2 is 2.00 bits per heavy atom. The summed E-state index contributed by atoms with van der Waals surface area (Å²) in [7, 11) is 1.37. The molecule has 1 aliphatic heterocycles. The van der Waals surface area contributed by atoms with Gasteiger partial charge in [-0.05, 0) is 24.8 Å². The van der Waals surface area contributed by atoms with Crippen molar-refractivity contribution < 1.29 is 14.3 Å². The van der Waals surface area contributed by atoms with Gasteiger partial charge in [-0.2, -0.15) is 0 Å². The molecule has 0 fully saturated rings. The molecule has 0 bridgehead atoms.